The molecule has 0 saturated carbocycles. The van der Waals surface area contributed by atoms with Gasteiger partial charge in [0.15, 0.2) is 0 Å². The molecule has 3 rings (SSSR count). The molecular weight excluding hydrogens is 244 g/mol. The molecule has 0 amide bonds. The van der Waals surface area contributed by atoms with Crippen molar-refractivity contribution < 1.29 is 0 Å². The lowest BCUT2D eigenvalue weighted by Crippen LogP contribution is -1.84. The minimum atomic E-state index is 0.672. The van der Waals surface area contributed by atoms with Crippen molar-refractivity contribution >= 4 is 0 Å². The lowest BCUT2D eigenvalue weighted by Gasteiger charge is -2.05. The molecule has 0 N–H and O–H groups in total. The minimum Gasteiger partial charge on any atom is -0.256 e. The summed E-state index contributed by atoms with van der Waals surface area (Å²) in [5, 5.41) is 8.98. The average molecular weight is 256 g/mol. The van der Waals surface area contributed by atoms with Gasteiger partial charge in [-0.25, -0.2) is 0 Å². The van der Waals surface area contributed by atoms with Crippen LogP contribution in [-0.4, -0.2) is 4.98 Å². The van der Waals surface area contributed by atoms with Gasteiger partial charge in [-0.3, -0.25) is 4.98 Å². The van der Waals surface area contributed by atoms with Crippen LogP contribution in [0.25, 0.3) is 22.4 Å². The smallest absolute Gasteiger partial charge is 0.0991 e. The Morgan fingerprint density at radius 3 is 2.25 bits per heavy atom. The van der Waals surface area contributed by atoms with Crippen LogP contribution in [0.15, 0.2) is 72.9 Å². The van der Waals surface area contributed by atoms with E-state index in [4.69, 9.17) is 5.26 Å². The second-order valence-corrected chi connectivity index (χ2v) is 4.49. The highest BCUT2D eigenvalue weighted by Gasteiger charge is 2.03. The molecule has 0 unspecified atom stereocenters. The monoisotopic (exact) mass is 256 g/mol. The second kappa shape index (κ2) is 5.38. The standard InChI is InChI=1S/C18H12N2/c19-13-14-5-3-6-15(11-14)16-7-4-8-17(12-16)18-9-1-2-10-20-18/h1-12H. The lowest BCUT2D eigenvalue weighted by atomic mass is 10.00. The van der Waals surface area contributed by atoms with Crippen molar-refractivity contribution in [3.8, 4) is 28.5 Å². The van der Waals surface area contributed by atoms with E-state index in [1.807, 2.05) is 60.7 Å². The molecule has 0 atom stereocenters. The molecule has 0 saturated heterocycles. The van der Waals surface area contributed by atoms with Crippen LogP contribution >= 0.6 is 0 Å². The fraction of sp³-hybridized carbons (Fsp3) is 0. The predicted octanol–water partition coefficient (Wildman–Crippen LogP) is 4.29. The van der Waals surface area contributed by atoms with E-state index < -0.39 is 0 Å². The molecule has 3 aromatic rings. The first-order chi connectivity index (χ1) is 9.86. The Labute approximate surface area is 118 Å². The molecule has 0 aliphatic heterocycles. The highest BCUT2D eigenvalue weighted by Crippen LogP contribution is 2.25. The minimum absolute atomic E-state index is 0.672. The summed E-state index contributed by atoms with van der Waals surface area (Å²) in [5.74, 6) is 0. The van der Waals surface area contributed by atoms with Crippen LogP contribution in [0, 0.1) is 11.3 Å². The van der Waals surface area contributed by atoms with Gasteiger partial charge in [0.2, 0.25) is 0 Å². The fourth-order valence-electron chi connectivity index (χ4n) is 2.16. The van der Waals surface area contributed by atoms with E-state index in [9.17, 15) is 0 Å². The third-order valence-corrected chi connectivity index (χ3v) is 3.15. The van der Waals surface area contributed by atoms with E-state index in [2.05, 4.69) is 17.1 Å². The summed E-state index contributed by atoms with van der Waals surface area (Å²) >= 11 is 0. The van der Waals surface area contributed by atoms with Gasteiger partial charge in [0.05, 0.1) is 17.3 Å². The van der Waals surface area contributed by atoms with Gasteiger partial charge in [-0.15, -0.1) is 0 Å². The molecule has 0 aliphatic rings. The molecule has 0 aliphatic carbocycles. The Morgan fingerprint density at radius 2 is 1.50 bits per heavy atom. The van der Waals surface area contributed by atoms with Crippen molar-refractivity contribution in [1.82, 2.24) is 4.98 Å². The molecule has 1 heterocycles. The molecule has 0 radical (unpaired) electrons. The van der Waals surface area contributed by atoms with Crippen LogP contribution in [0.2, 0.25) is 0 Å². The first-order valence-electron chi connectivity index (χ1n) is 6.39. The van der Waals surface area contributed by atoms with Crippen molar-refractivity contribution in [2.45, 2.75) is 0 Å². The summed E-state index contributed by atoms with van der Waals surface area (Å²) in [6.07, 6.45) is 1.79. The molecular formula is C18H12N2. The Kier molecular flexibility index (Phi) is 3.26. The van der Waals surface area contributed by atoms with Gasteiger partial charge in [-0.05, 0) is 41.5 Å². The molecule has 1 aromatic heterocycles. The molecule has 0 spiro atoms. The van der Waals surface area contributed by atoms with Crippen LogP contribution in [0.3, 0.4) is 0 Å². The number of rotatable bonds is 2. The van der Waals surface area contributed by atoms with Crippen molar-refractivity contribution in [2.24, 2.45) is 0 Å². The summed E-state index contributed by atoms with van der Waals surface area (Å²) in [6, 6.07) is 23.9. The van der Waals surface area contributed by atoms with Crippen LogP contribution in [-0.2, 0) is 0 Å². The first-order valence-corrected chi connectivity index (χ1v) is 6.39. The van der Waals surface area contributed by atoms with E-state index >= 15 is 0 Å². The SMILES string of the molecule is N#Cc1cccc(-c2cccc(-c3ccccn3)c2)c1. The lowest BCUT2D eigenvalue weighted by molar-refractivity contribution is 1.33. The van der Waals surface area contributed by atoms with E-state index in [-0.39, 0.29) is 0 Å². The predicted molar refractivity (Wildman–Crippen MR) is 79.8 cm³/mol. The van der Waals surface area contributed by atoms with Crippen molar-refractivity contribution in [3.05, 3.63) is 78.5 Å². The normalized spacial score (nSPS) is 9.95. The van der Waals surface area contributed by atoms with Gasteiger partial charge in [-0.2, -0.15) is 5.26 Å². The van der Waals surface area contributed by atoms with Gasteiger partial charge in [0, 0.05) is 11.8 Å². The van der Waals surface area contributed by atoms with Gasteiger partial charge in [0.1, 0.15) is 0 Å². The summed E-state index contributed by atoms with van der Waals surface area (Å²) in [6.45, 7) is 0. The van der Waals surface area contributed by atoms with Gasteiger partial charge in [0.25, 0.3) is 0 Å². The average Bonchev–Trinajstić information content (AvgIpc) is 2.56. The molecule has 2 aromatic carbocycles. The van der Waals surface area contributed by atoms with Crippen LogP contribution in [0.4, 0.5) is 0 Å². The van der Waals surface area contributed by atoms with E-state index in [0.29, 0.717) is 5.56 Å². The van der Waals surface area contributed by atoms with Crippen molar-refractivity contribution in [1.29, 1.82) is 5.26 Å². The van der Waals surface area contributed by atoms with Gasteiger partial charge < -0.3 is 0 Å². The Balaban J connectivity index is 2.06. The summed E-state index contributed by atoms with van der Waals surface area (Å²) < 4.78 is 0. The molecule has 20 heavy (non-hydrogen) atoms. The largest absolute Gasteiger partial charge is 0.256 e. The van der Waals surface area contributed by atoms with Crippen molar-refractivity contribution in [2.75, 3.05) is 0 Å². The number of hydrogen-bond acceptors (Lipinski definition) is 2. The van der Waals surface area contributed by atoms with E-state index in [0.717, 1.165) is 22.4 Å². The van der Waals surface area contributed by atoms with Gasteiger partial charge in [-0.1, -0.05) is 36.4 Å². The quantitative estimate of drug-likeness (QED) is 0.686. The second-order valence-electron chi connectivity index (χ2n) is 4.49. The topological polar surface area (TPSA) is 36.7 Å². The fourth-order valence-corrected chi connectivity index (χ4v) is 2.16. The van der Waals surface area contributed by atoms with Crippen LogP contribution < -0.4 is 0 Å². The zero-order chi connectivity index (χ0) is 13.8. The number of hydrogen-bond donors (Lipinski definition) is 0. The maximum absolute atomic E-state index is 8.98. The number of nitriles is 1. The number of aromatic nitrogens is 1. The number of nitrogens with zero attached hydrogens (tertiary/aromatic N) is 2. The maximum Gasteiger partial charge on any atom is 0.0991 e. The highest BCUT2D eigenvalue weighted by atomic mass is 14.7. The molecule has 0 fully saturated rings. The zero-order valence-electron chi connectivity index (χ0n) is 10.8. The highest BCUT2D eigenvalue weighted by molar-refractivity contribution is 5.72. The van der Waals surface area contributed by atoms with Gasteiger partial charge >= 0.3 is 0 Å². The van der Waals surface area contributed by atoms with Crippen LogP contribution in [0.5, 0.6) is 0 Å². The van der Waals surface area contributed by atoms with E-state index in [1.165, 1.54) is 0 Å². The Morgan fingerprint density at radius 1 is 0.750 bits per heavy atom. The van der Waals surface area contributed by atoms with E-state index in [1.54, 1.807) is 6.20 Å². The third kappa shape index (κ3) is 2.43. The number of pyridine rings is 1. The third-order valence-electron chi connectivity index (χ3n) is 3.15. The summed E-state index contributed by atoms with van der Waals surface area (Å²) in [7, 11) is 0. The Hall–Kier alpha value is -2.92. The van der Waals surface area contributed by atoms with Crippen molar-refractivity contribution in [3.63, 3.8) is 0 Å². The molecule has 2 heteroatoms. The summed E-state index contributed by atoms with van der Waals surface area (Å²) in [5.41, 5.74) is 4.83. The van der Waals surface area contributed by atoms with Crippen LogP contribution in [0.1, 0.15) is 5.56 Å². The zero-order valence-corrected chi connectivity index (χ0v) is 10.8. The Bertz CT molecular complexity index is 771. The molecule has 2 nitrogen and oxygen atoms in total. The summed E-state index contributed by atoms with van der Waals surface area (Å²) in [4.78, 5) is 4.37. The first kappa shape index (κ1) is 12.1. The molecule has 0 bridgehead atoms. The maximum atomic E-state index is 8.98. The number of benzene rings is 2. The molecule has 94 valence electrons.